The molecule has 11 nitrogen and oxygen atoms in total. The molecule has 1 aromatic rings. The molecule has 4 rings (SSSR count). The number of hydrogen-bond donors (Lipinski definition) is 5. The zero-order valence-electron chi connectivity index (χ0n) is 19.8. The van der Waals surface area contributed by atoms with Crippen LogP contribution in [0, 0.1) is 17.8 Å². The Kier molecular flexibility index (Phi) is 5.98. The lowest BCUT2D eigenvalue weighted by molar-refractivity contribution is -0.178. The molecule has 3 unspecified atom stereocenters. The number of allylic oxidation sites excluding steroid dienone is 1. The Morgan fingerprint density at radius 1 is 1.26 bits per heavy atom. The van der Waals surface area contributed by atoms with Gasteiger partial charge < -0.3 is 35.9 Å². The number of primary amides is 1. The Bertz CT molecular complexity index is 1190. The molecule has 0 aliphatic heterocycles. The second kappa shape index (κ2) is 8.43. The van der Waals surface area contributed by atoms with Gasteiger partial charge in [-0.25, -0.2) is 0 Å². The number of aliphatic hydroxyl groups excluding tert-OH is 2. The molecule has 6 N–H and O–H groups in total. The number of aromatic hydroxyl groups is 1. The third kappa shape index (κ3) is 3.37. The van der Waals surface area contributed by atoms with E-state index in [1.54, 1.807) is 32.0 Å². The zero-order valence-corrected chi connectivity index (χ0v) is 19.8. The first-order valence-electron chi connectivity index (χ1n) is 11.2. The van der Waals surface area contributed by atoms with E-state index in [1.165, 1.54) is 13.2 Å². The molecule has 6 atom stereocenters. The number of benzene rings is 1. The lowest BCUT2D eigenvalue weighted by Crippen LogP contribution is -2.71. The van der Waals surface area contributed by atoms with E-state index < -0.39 is 58.7 Å². The van der Waals surface area contributed by atoms with Crippen molar-refractivity contribution in [2.24, 2.45) is 28.6 Å². The maximum absolute atomic E-state index is 13.6. The molecule has 0 aromatic heterocycles. The summed E-state index contributed by atoms with van der Waals surface area (Å²) >= 11 is 0. The van der Waals surface area contributed by atoms with Gasteiger partial charge in [0.25, 0.3) is 0 Å². The van der Waals surface area contributed by atoms with Gasteiger partial charge in [-0.2, -0.15) is 0 Å². The van der Waals surface area contributed by atoms with Gasteiger partial charge in [-0.1, -0.05) is 5.16 Å². The highest BCUT2D eigenvalue weighted by Gasteiger charge is 2.66. The molecule has 0 saturated heterocycles. The monoisotopic (exact) mass is 487 g/mol. The number of carbonyl (C=O) groups excluding carboxylic acids is 3. The summed E-state index contributed by atoms with van der Waals surface area (Å²) in [4.78, 5) is 45.4. The van der Waals surface area contributed by atoms with Gasteiger partial charge in [0.05, 0.1) is 17.4 Å². The summed E-state index contributed by atoms with van der Waals surface area (Å²) in [6.07, 6.45) is -1.28. The van der Waals surface area contributed by atoms with E-state index in [2.05, 4.69) is 5.16 Å². The van der Waals surface area contributed by atoms with Crippen molar-refractivity contribution in [3.05, 3.63) is 40.2 Å². The van der Waals surface area contributed by atoms with Crippen LogP contribution >= 0.6 is 0 Å². The van der Waals surface area contributed by atoms with Gasteiger partial charge in [0.1, 0.15) is 24.5 Å². The van der Waals surface area contributed by atoms with Crippen LogP contribution in [-0.2, 0) is 20.8 Å². The minimum atomic E-state index is -2.60. The molecule has 0 heterocycles. The molecule has 1 amide bonds. The molecule has 35 heavy (non-hydrogen) atoms. The number of nitrogens with two attached hydrogens (primary N) is 1. The van der Waals surface area contributed by atoms with Gasteiger partial charge in [-0.15, -0.1) is 0 Å². The number of aliphatic hydroxyl groups is 3. The Morgan fingerprint density at radius 2 is 1.91 bits per heavy atom. The number of fused-ring (bicyclic) bond motifs is 3. The number of oxime groups is 1. The van der Waals surface area contributed by atoms with E-state index in [9.17, 15) is 34.8 Å². The Balaban J connectivity index is 1.95. The third-order valence-corrected chi connectivity index (χ3v) is 7.60. The largest absolute Gasteiger partial charge is 0.508 e. The normalized spacial score (nSPS) is 32.8. The van der Waals surface area contributed by atoms with Crippen molar-refractivity contribution in [2.45, 2.75) is 37.5 Å². The molecule has 1 saturated carbocycles. The van der Waals surface area contributed by atoms with Gasteiger partial charge in [0.2, 0.25) is 5.91 Å². The SMILES string of the molecule is CO/N=C(/C)c1ccc(O)c2c1C[C@H]1C[C@H]3C(N(C)C)C(O)C(C(N)=O)C(=O)[C@@]3(O)C(O)=C1C2=O. The smallest absolute Gasteiger partial charge is 0.230 e. The molecule has 188 valence electrons. The minimum absolute atomic E-state index is 0.0494. The van der Waals surface area contributed by atoms with Gasteiger partial charge >= 0.3 is 0 Å². The molecular formula is C24H29N3O8. The average Bonchev–Trinajstić information content (AvgIpc) is 2.76. The fourth-order valence-corrected chi connectivity index (χ4v) is 6.13. The van der Waals surface area contributed by atoms with Crippen LogP contribution in [0.5, 0.6) is 5.75 Å². The van der Waals surface area contributed by atoms with Gasteiger partial charge in [0, 0.05) is 23.1 Å². The molecule has 0 bridgehead atoms. The van der Waals surface area contributed by atoms with Crippen LogP contribution in [0.3, 0.4) is 0 Å². The summed E-state index contributed by atoms with van der Waals surface area (Å²) in [5.74, 6) is -7.66. The van der Waals surface area contributed by atoms with Crippen molar-refractivity contribution in [1.82, 2.24) is 4.90 Å². The van der Waals surface area contributed by atoms with Crippen molar-refractivity contribution in [2.75, 3.05) is 21.2 Å². The number of amides is 1. The van der Waals surface area contributed by atoms with Crippen LogP contribution in [0.15, 0.2) is 28.6 Å². The lowest BCUT2D eigenvalue weighted by Gasteiger charge is -2.53. The van der Waals surface area contributed by atoms with Gasteiger partial charge in [0.15, 0.2) is 17.2 Å². The number of phenolic OH excluding ortho intramolecular Hbond substituents is 1. The maximum atomic E-state index is 13.6. The highest BCUT2D eigenvalue weighted by molar-refractivity contribution is 6.17. The highest BCUT2D eigenvalue weighted by atomic mass is 16.6. The summed E-state index contributed by atoms with van der Waals surface area (Å²) in [6.45, 7) is 1.69. The summed E-state index contributed by atoms with van der Waals surface area (Å²) in [6, 6.07) is 2.02. The zero-order chi connectivity index (χ0) is 26.0. The summed E-state index contributed by atoms with van der Waals surface area (Å²) in [7, 11) is 4.61. The van der Waals surface area contributed by atoms with Crippen LogP contribution in [0.1, 0.15) is 34.8 Å². The first-order valence-corrected chi connectivity index (χ1v) is 11.2. The van der Waals surface area contributed by atoms with Crippen LogP contribution in [0.2, 0.25) is 0 Å². The van der Waals surface area contributed by atoms with E-state index in [0.29, 0.717) is 16.8 Å². The van der Waals surface area contributed by atoms with E-state index in [1.807, 2.05) is 0 Å². The number of nitrogens with zero attached hydrogens (tertiary/aromatic N) is 2. The minimum Gasteiger partial charge on any atom is -0.508 e. The lowest BCUT2D eigenvalue weighted by atomic mass is 9.56. The van der Waals surface area contributed by atoms with E-state index in [-0.39, 0.29) is 29.7 Å². The summed E-state index contributed by atoms with van der Waals surface area (Å²) in [5.41, 5.74) is 4.06. The predicted molar refractivity (Wildman–Crippen MR) is 123 cm³/mol. The van der Waals surface area contributed by atoms with Crippen molar-refractivity contribution >= 4 is 23.2 Å². The number of ketones is 2. The highest BCUT2D eigenvalue weighted by Crippen LogP contribution is 2.52. The van der Waals surface area contributed by atoms with E-state index in [4.69, 9.17) is 10.6 Å². The predicted octanol–water partition coefficient (Wildman–Crippen LogP) is -0.344. The fourth-order valence-electron chi connectivity index (χ4n) is 6.13. The van der Waals surface area contributed by atoms with Crippen LogP contribution in [0.4, 0.5) is 0 Å². The first-order chi connectivity index (χ1) is 16.4. The van der Waals surface area contributed by atoms with Gasteiger partial charge in [-0.05, 0) is 57.5 Å². The molecule has 1 fully saturated rings. The Morgan fingerprint density at radius 3 is 2.49 bits per heavy atom. The number of Topliss-reactive ketones (excluding diaryl/α,β-unsaturated/α-hetero) is 2. The first kappa shape index (κ1) is 24.8. The molecule has 3 aliphatic rings. The number of phenols is 1. The van der Waals surface area contributed by atoms with E-state index >= 15 is 0 Å². The maximum Gasteiger partial charge on any atom is 0.230 e. The van der Waals surface area contributed by atoms with E-state index in [0.717, 1.165) is 0 Å². The van der Waals surface area contributed by atoms with Crippen LogP contribution in [0.25, 0.3) is 0 Å². The number of carbonyl (C=O) groups is 3. The molecule has 0 radical (unpaired) electrons. The second-order valence-electron chi connectivity index (χ2n) is 9.64. The number of hydrogen-bond acceptors (Lipinski definition) is 10. The van der Waals surface area contributed by atoms with Crippen molar-refractivity contribution in [3.8, 4) is 5.75 Å². The quantitative estimate of drug-likeness (QED) is 0.215. The fraction of sp³-hybridized carbons (Fsp3) is 0.500. The number of rotatable bonds is 4. The van der Waals surface area contributed by atoms with Crippen LogP contribution in [-0.4, -0.2) is 87.5 Å². The average molecular weight is 488 g/mol. The third-order valence-electron chi connectivity index (χ3n) is 7.60. The second-order valence-corrected chi connectivity index (χ2v) is 9.64. The molecule has 11 heteroatoms. The topological polar surface area (TPSA) is 183 Å². The Hall–Kier alpha value is -3.28. The standard InChI is InChI=1S/C24H29N3O8/c1-9(26-35-4)11-5-6-14(28)16-12(11)7-10-8-13-18(27(2)3)20(30)17(23(25)33)22(32)24(13,34)21(31)15(10)19(16)29/h5-6,10,13,17-18,20,28,30-31,34H,7-8H2,1-4H3,(H2,25,33)/b26-9-/t10-,13-,17?,18?,20?,24-/m0/s1. The number of likely N-dealkylation sites (N-methyl/N-ethyl adjacent to an activating group) is 1. The molecule has 1 aromatic carbocycles. The van der Waals surface area contributed by atoms with Crippen molar-refractivity contribution < 1.29 is 39.6 Å². The van der Waals surface area contributed by atoms with Crippen molar-refractivity contribution in [3.63, 3.8) is 0 Å². The van der Waals surface area contributed by atoms with Crippen molar-refractivity contribution in [1.29, 1.82) is 0 Å². The molecular weight excluding hydrogens is 458 g/mol. The molecule has 0 spiro atoms. The molecule has 3 aliphatic carbocycles. The van der Waals surface area contributed by atoms with Gasteiger partial charge in [-0.3, -0.25) is 14.4 Å². The summed E-state index contributed by atoms with van der Waals surface area (Å²) < 4.78 is 0. The van der Waals surface area contributed by atoms with Crippen LogP contribution < -0.4 is 5.73 Å². The summed E-state index contributed by atoms with van der Waals surface area (Å²) in [5, 5.41) is 48.2. The Labute approximate surface area is 201 Å².